The molecule has 0 fully saturated rings. The van der Waals surface area contributed by atoms with Crippen LogP contribution < -0.4 is 9.80 Å². The lowest BCUT2D eigenvalue weighted by Crippen LogP contribution is -2.21. The first-order chi connectivity index (χ1) is 24.3. The maximum atomic E-state index is 12.7. The van der Waals surface area contributed by atoms with Gasteiger partial charge in [0, 0.05) is 41.8 Å². The highest BCUT2D eigenvalue weighted by molar-refractivity contribution is 7.85. The summed E-state index contributed by atoms with van der Waals surface area (Å²) in [6.45, 7) is 19.2. The van der Waals surface area contributed by atoms with E-state index in [1.54, 1.807) is 6.07 Å². The smallest absolute Gasteiger partial charge is 0.294 e. The number of anilines is 4. The molecule has 51 heavy (non-hydrogen) atoms. The minimum absolute atomic E-state index is 0.0749. The van der Waals surface area contributed by atoms with E-state index >= 15 is 0 Å². The number of unbranched alkanes of at least 4 members (excludes halogenated alkanes) is 2. The zero-order chi connectivity index (χ0) is 36.9. The molecule has 268 valence electrons. The Morgan fingerprint density at radius 3 is 1.29 bits per heavy atom. The Hall–Kier alpha value is -4.39. The molecule has 0 unspecified atom stereocenters. The number of aryl methyl sites for hydroxylation is 6. The van der Waals surface area contributed by atoms with Gasteiger partial charge in [-0.05, 0) is 124 Å². The van der Waals surface area contributed by atoms with Crippen molar-refractivity contribution >= 4 is 32.9 Å². The van der Waals surface area contributed by atoms with E-state index in [0.29, 0.717) is 5.56 Å². The molecule has 5 aromatic carbocycles. The molecule has 1 N–H and O–H groups in total. The van der Waals surface area contributed by atoms with Gasteiger partial charge < -0.3 is 9.80 Å². The summed E-state index contributed by atoms with van der Waals surface area (Å²) in [7, 11) is -4.47. The van der Waals surface area contributed by atoms with Gasteiger partial charge in [0.25, 0.3) is 10.1 Å². The largest absolute Gasteiger partial charge is 0.341 e. The van der Waals surface area contributed by atoms with Gasteiger partial charge in [0.15, 0.2) is 0 Å². The van der Waals surface area contributed by atoms with Crippen LogP contribution in [-0.2, 0) is 10.1 Å². The first kappa shape index (κ1) is 37.9. The Morgan fingerprint density at radius 1 is 0.569 bits per heavy atom. The molecule has 0 amide bonds. The van der Waals surface area contributed by atoms with E-state index in [4.69, 9.17) is 0 Å². The maximum absolute atomic E-state index is 12.7. The fraction of sp³-hybridized carbons (Fsp3) is 0.333. The highest BCUT2D eigenvalue weighted by Crippen LogP contribution is 2.40. The van der Waals surface area contributed by atoms with Crippen molar-refractivity contribution in [3.63, 3.8) is 0 Å². The van der Waals surface area contributed by atoms with E-state index in [1.807, 2.05) is 12.1 Å². The van der Waals surface area contributed by atoms with Crippen LogP contribution in [0.2, 0.25) is 0 Å². The summed E-state index contributed by atoms with van der Waals surface area (Å²) in [5.74, 6) is -0.426. The standard InChI is InChI=1S/C45H54N2O3S/c1-9-11-25-46(44-33(5)27-31(3)28-34(44)6)39-21-17-37(18-22-39)43(41-15-13-14-16-42(41)51(48,49)50)38-19-23-40(24-20-38)47(26-12-10-2)45-35(7)29-32(4)30-36(45)8/h13-24,27-30,43H,9-12,25-26H2,1-8H3,(H,48,49,50). The third kappa shape index (κ3) is 8.57. The monoisotopic (exact) mass is 702 g/mol. The van der Waals surface area contributed by atoms with Crippen LogP contribution in [0.25, 0.3) is 0 Å². The molecule has 5 rings (SSSR count). The van der Waals surface area contributed by atoms with E-state index in [1.165, 1.54) is 50.8 Å². The Labute approximate surface area is 306 Å². The van der Waals surface area contributed by atoms with E-state index < -0.39 is 16.0 Å². The zero-order valence-corrected chi connectivity index (χ0v) is 32.4. The molecule has 0 bridgehead atoms. The molecular weight excluding hydrogens is 649 g/mol. The van der Waals surface area contributed by atoms with Crippen LogP contribution in [0.5, 0.6) is 0 Å². The van der Waals surface area contributed by atoms with Gasteiger partial charge in [-0.2, -0.15) is 8.42 Å². The lowest BCUT2D eigenvalue weighted by molar-refractivity contribution is 0.482. The topological polar surface area (TPSA) is 60.9 Å². The van der Waals surface area contributed by atoms with Crippen molar-refractivity contribution in [3.8, 4) is 0 Å². The summed E-state index contributed by atoms with van der Waals surface area (Å²) in [5, 5.41) is 0. The lowest BCUT2D eigenvalue weighted by Gasteiger charge is -2.30. The van der Waals surface area contributed by atoms with E-state index in [9.17, 15) is 13.0 Å². The quantitative estimate of drug-likeness (QED) is 0.0922. The summed E-state index contributed by atoms with van der Waals surface area (Å²) in [6.07, 6.45) is 4.29. The van der Waals surface area contributed by atoms with Gasteiger partial charge in [-0.1, -0.05) is 105 Å². The van der Waals surface area contributed by atoms with Crippen molar-refractivity contribution in [2.24, 2.45) is 0 Å². The average molecular weight is 703 g/mol. The predicted molar refractivity (Wildman–Crippen MR) is 215 cm³/mol. The third-order valence-electron chi connectivity index (χ3n) is 9.87. The molecule has 0 radical (unpaired) electrons. The van der Waals surface area contributed by atoms with Crippen LogP contribution >= 0.6 is 0 Å². The van der Waals surface area contributed by atoms with Gasteiger partial charge in [0.1, 0.15) is 0 Å². The van der Waals surface area contributed by atoms with Gasteiger partial charge in [-0.25, -0.2) is 0 Å². The van der Waals surface area contributed by atoms with Crippen LogP contribution in [0, 0.1) is 41.5 Å². The van der Waals surface area contributed by atoms with Crippen LogP contribution in [0.3, 0.4) is 0 Å². The van der Waals surface area contributed by atoms with Crippen LogP contribution in [0.1, 0.15) is 95.5 Å². The molecule has 0 aliphatic rings. The van der Waals surface area contributed by atoms with Crippen molar-refractivity contribution in [1.82, 2.24) is 0 Å². The number of benzene rings is 5. The molecule has 0 spiro atoms. The van der Waals surface area contributed by atoms with Crippen LogP contribution in [0.4, 0.5) is 22.7 Å². The molecule has 0 heterocycles. The summed E-state index contributed by atoms with van der Waals surface area (Å²) < 4.78 is 35.8. The highest BCUT2D eigenvalue weighted by Gasteiger charge is 2.26. The maximum Gasteiger partial charge on any atom is 0.294 e. The second-order valence-corrected chi connectivity index (χ2v) is 15.5. The third-order valence-corrected chi connectivity index (χ3v) is 10.8. The van der Waals surface area contributed by atoms with Gasteiger partial charge in [-0.15, -0.1) is 0 Å². The normalized spacial score (nSPS) is 11.6. The molecule has 5 aromatic rings. The van der Waals surface area contributed by atoms with E-state index in [0.717, 1.165) is 61.3 Å². The summed E-state index contributed by atoms with van der Waals surface area (Å²) in [6, 6.07) is 32.8. The minimum Gasteiger partial charge on any atom is -0.341 e. The first-order valence-electron chi connectivity index (χ1n) is 18.3. The Bertz CT molecular complexity index is 1910. The average Bonchev–Trinajstić information content (AvgIpc) is 3.07. The van der Waals surface area contributed by atoms with Gasteiger partial charge in [-0.3, -0.25) is 4.55 Å². The Morgan fingerprint density at radius 2 is 0.941 bits per heavy atom. The van der Waals surface area contributed by atoms with Crippen molar-refractivity contribution in [2.45, 2.75) is 91.9 Å². The van der Waals surface area contributed by atoms with Gasteiger partial charge >= 0.3 is 0 Å². The zero-order valence-electron chi connectivity index (χ0n) is 31.6. The number of nitrogens with zero attached hydrogens (tertiary/aromatic N) is 2. The van der Waals surface area contributed by atoms with Gasteiger partial charge in [0.2, 0.25) is 0 Å². The van der Waals surface area contributed by atoms with Crippen molar-refractivity contribution in [1.29, 1.82) is 0 Å². The number of rotatable bonds is 14. The molecule has 0 saturated carbocycles. The lowest BCUT2D eigenvalue weighted by atomic mass is 9.85. The molecule has 0 saturated heterocycles. The summed E-state index contributed by atoms with van der Waals surface area (Å²) in [4.78, 5) is 4.75. The van der Waals surface area contributed by atoms with E-state index in [-0.39, 0.29) is 4.90 Å². The van der Waals surface area contributed by atoms with Crippen LogP contribution in [0.15, 0.2) is 102 Å². The highest BCUT2D eigenvalue weighted by atomic mass is 32.2. The van der Waals surface area contributed by atoms with E-state index in [2.05, 4.69) is 138 Å². The number of hydrogen-bond acceptors (Lipinski definition) is 4. The van der Waals surface area contributed by atoms with Crippen molar-refractivity contribution < 1.29 is 13.0 Å². The fourth-order valence-corrected chi connectivity index (χ4v) is 8.50. The number of hydrogen-bond donors (Lipinski definition) is 1. The summed E-state index contributed by atoms with van der Waals surface area (Å²) in [5.41, 5.74) is 14.6. The molecule has 0 aliphatic heterocycles. The van der Waals surface area contributed by atoms with Crippen LogP contribution in [-0.4, -0.2) is 26.1 Å². The Kier molecular flexibility index (Phi) is 12.1. The fourth-order valence-electron chi connectivity index (χ4n) is 7.77. The SMILES string of the molecule is CCCCN(c1ccc(C(c2ccc(N(CCCC)c3c(C)cc(C)cc3C)cc2)c2ccccc2S(=O)(=O)O)cc1)c1c(C)cc(C)cc1C. The second-order valence-electron chi connectivity index (χ2n) is 14.1. The molecule has 0 atom stereocenters. The second kappa shape index (κ2) is 16.3. The van der Waals surface area contributed by atoms with Crippen molar-refractivity contribution in [2.75, 3.05) is 22.9 Å². The molecule has 0 aliphatic carbocycles. The molecule has 6 heteroatoms. The molecule has 0 aromatic heterocycles. The molecule has 5 nitrogen and oxygen atoms in total. The minimum atomic E-state index is -4.47. The van der Waals surface area contributed by atoms with Gasteiger partial charge in [0.05, 0.1) is 4.90 Å². The Balaban J connectivity index is 1.62. The van der Waals surface area contributed by atoms with Crippen molar-refractivity contribution in [3.05, 3.63) is 147 Å². The summed E-state index contributed by atoms with van der Waals surface area (Å²) >= 11 is 0. The first-order valence-corrected chi connectivity index (χ1v) is 19.7. The predicted octanol–water partition coefficient (Wildman–Crippen LogP) is 11.8. The molecular formula is C45H54N2O3S.